The minimum absolute atomic E-state index is 0.209. The normalized spacial score (nSPS) is 10.4. The number of aryl methyl sites for hydroxylation is 2. The maximum absolute atomic E-state index is 12.8. The lowest BCUT2D eigenvalue weighted by Gasteiger charge is -2.15. The molecule has 0 saturated carbocycles. The average molecular weight is 373 g/mol. The third kappa shape index (κ3) is 5.37. The van der Waals surface area contributed by atoms with Crippen molar-refractivity contribution < 1.29 is 24.7 Å². The zero-order valence-electron chi connectivity index (χ0n) is 16.6. The van der Waals surface area contributed by atoms with Gasteiger partial charge in [0.2, 0.25) is 0 Å². The second-order valence-electron chi connectivity index (χ2n) is 6.12. The molecule has 0 unspecified atom stereocenters. The fourth-order valence-corrected chi connectivity index (χ4v) is 2.82. The molecule has 0 fully saturated rings. The van der Waals surface area contributed by atoms with Crippen LogP contribution in [0, 0.1) is 13.8 Å². The summed E-state index contributed by atoms with van der Waals surface area (Å²) in [6, 6.07) is 9.06. The predicted molar refractivity (Wildman–Crippen MR) is 106 cm³/mol. The number of hydrogen-bond donors (Lipinski definition) is 2. The topological polar surface area (TPSA) is 84.4 Å². The molecule has 0 spiro atoms. The van der Waals surface area contributed by atoms with Gasteiger partial charge in [-0.15, -0.1) is 0 Å². The quantitative estimate of drug-likeness (QED) is 0.708. The number of ether oxygens (including phenoxy) is 3. The molecule has 27 heavy (non-hydrogen) atoms. The molecule has 0 heterocycles. The number of carbonyl (C=O) groups is 1. The molecule has 2 aromatic rings. The molecule has 4 N–H and O–H groups in total. The minimum atomic E-state index is -0.209. The van der Waals surface area contributed by atoms with Crippen molar-refractivity contribution in [1.29, 1.82) is 0 Å². The van der Waals surface area contributed by atoms with E-state index in [9.17, 15) is 4.79 Å². The number of benzene rings is 2. The van der Waals surface area contributed by atoms with Crippen LogP contribution in [0.25, 0.3) is 0 Å². The summed E-state index contributed by atoms with van der Waals surface area (Å²) in [5.41, 5.74) is 6.77. The summed E-state index contributed by atoms with van der Waals surface area (Å²) in [6.45, 7) is 9.99. The fraction of sp³-hybridized carbons (Fsp3) is 0.381. The van der Waals surface area contributed by atoms with Gasteiger partial charge in [-0.1, -0.05) is 0 Å². The van der Waals surface area contributed by atoms with E-state index in [2.05, 4.69) is 11.1 Å². The van der Waals surface area contributed by atoms with Crippen LogP contribution in [0.2, 0.25) is 0 Å². The smallest absolute Gasteiger partial charge is 0.255 e. The Morgan fingerprint density at radius 1 is 1.00 bits per heavy atom. The van der Waals surface area contributed by atoms with Gasteiger partial charge < -0.3 is 25.3 Å². The van der Waals surface area contributed by atoms with Crippen molar-refractivity contribution in [3.63, 3.8) is 0 Å². The molecule has 2 aromatic carbocycles. The Kier molecular flexibility index (Phi) is 7.49. The number of anilines is 1. The Morgan fingerprint density at radius 3 is 2.26 bits per heavy atom. The Morgan fingerprint density at radius 2 is 1.67 bits per heavy atom. The van der Waals surface area contributed by atoms with E-state index >= 15 is 0 Å². The zero-order chi connectivity index (χ0) is 19.8. The van der Waals surface area contributed by atoms with E-state index < -0.39 is 0 Å². The van der Waals surface area contributed by atoms with Crippen LogP contribution in [-0.2, 0) is 0 Å². The first kappa shape index (κ1) is 20.6. The number of rotatable bonds is 9. The lowest BCUT2D eigenvalue weighted by Crippen LogP contribution is -2.52. The molecule has 0 aromatic heterocycles. The first-order valence-corrected chi connectivity index (χ1v) is 9.24. The van der Waals surface area contributed by atoms with Crippen molar-refractivity contribution in [3.05, 3.63) is 47.0 Å². The number of hydrogen-bond acceptors (Lipinski definition) is 4. The van der Waals surface area contributed by atoms with Gasteiger partial charge in [0, 0.05) is 11.6 Å². The molecule has 1 amide bonds. The van der Waals surface area contributed by atoms with Gasteiger partial charge in [-0.2, -0.15) is 0 Å². The van der Waals surface area contributed by atoms with E-state index in [0.717, 1.165) is 16.9 Å². The monoisotopic (exact) mass is 373 g/mol. The van der Waals surface area contributed by atoms with Crippen LogP contribution in [0.3, 0.4) is 0 Å². The van der Waals surface area contributed by atoms with E-state index in [-0.39, 0.29) is 5.91 Å². The molecule has 2 rings (SSSR count). The van der Waals surface area contributed by atoms with E-state index in [1.54, 1.807) is 12.1 Å². The second-order valence-corrected chi connectivity index (χ2v) is 6.12. The van der Waals surface area contributed by atoms with E-state index in [4.69, 9.17) is 14.2 Å². The molecular weight excluding hydrogens is 344 g/mol. The van der Waals surface area contributed by atoms with Crippen LogP contribution < -0.4 is 25.3 Å². The molecule has 0 atom stereocenters. The summed E-state index contributed by atoms with van der Waals surface area (Å²) in [5.74, 6) is 1.89. The molecule has 146 valence electrons. The van der Waals surface area contributed by atoms with Crippen LogP contribution >= 0.6 is 0 Å². The highest BCUT2D eigenvalue weighted by molar-refractivity contribution is 6.05. The number of carbonyl (C=O) groups excluding carboxylic acids is 1. The van der Waals surface area contributed by atoms with Gasteiger partial charge in [-0.3, -0.25) is 4.79 Å². The summed E-state index contributed by atoms with van der Waals surface area (Å²) in [5, 5.41) is 2.93. The number of quaternary nitrogens is 1. The van der Waals surface area contributed by atoms with Crippen LogP contribution in [0.4, 0.5) is 5.69 Å². The largest absolute Gasteiger partial charge is 0.494 e. The second kappa shape index (κ2) is 9.83. The van der Waals surface area contributed by atoms with Crippen molar-refractivity contribution in [2.24, 2.45) is 0 Å². The lowest BCUT2D eigenvalue weighted by molar-refractivity contribution is -0.370. The van der Waals surface area contributed by atoms with E-state index in [0.29, 0.717) is 49.1 Å². The van der Waals surface area contributed by atoms with Gasteiger partial charge in [-0.25, -0.2) is 0 Å². The highest BCUT2D eigenvalue weighted by atomic mass is 16.5. The molecular formula is C21H29N2O4+. The molecule has 0 radical (unpaired) electrons. The Labute approximate surface area is 160 Å². The van der Waals surface area contributed by atoms with Crippen molar-refractivity contribution in [2.45, 2.75) is 27.7 Å². The standard InChI is InChI=1S/C21H28N2O4/c1-5-25-17-7-8-19(26-6-2)18(13-17)23-21(24)16-11-14(3)20(15(4)12-16)27-10-9-22/h7-8,11-13H,5-6,9-10,22H2,1-4H3,(H,23,24)/p+1. The molecule has 6 nitrogen and oxygen atoms in total. The van der Waals surface area contributed by atoms with Crippen LogP contribution in [-0.4, -0.2) is 32.3 Å². The van der Waals surface area contributed by atoms with Gasteiger partial charge >= 0.3 is 0 Å². The summed E-state index contributed by atoms with van der Waals surface area (Å²) < 4.78 is 16.9. The van der Waals surface area contributed by atoms with Crippen LogP contribution in [0.1, 0.15) is 35.3 Å². The Bertz CT molecular complexity index is 767. The summed E-state index contributed by atoms with van der Waals surface area (Å²) in [6.07, 6.45) is 0. The van der Waals surface area contributed by atoms with E-state index in [1.807, 2.05) is 45.9 Å². The maximum Gasteiger partial charge on any atom is 0.255 e. The summed E-state index contributed by atoms with van der Waals surface area (Å²) in [7, 11) is 0. The molecule has 0 saturated heterocycles. The molecule has 0 aliphatic carbocycles. The lowest BCUT2D eigenvalue weighted by atomic mass is 10.0. The molecule has 0 aliphatic heterocycles. The highest BCUT2D eigenvalue weighted by Gasteiger charge is 2.15. The third-order valence-corrected chi connectivity index (χ3v) is 3.92. The first-order valence-electron chi connectivity index (χ1n) is 9.24. The predicted octanol–water partition coefficient (Wildman–Crippen LogP) is 2.97. The van der Waals surface area contributed by atoms with Crippen LogP contribution in [0.5, 0.6) is 17.2 Å². The number of amides is 1. The summed E-state index contributed by atoms with van der Waals surface area (Å²) in [4.78, 5) is 12.8. The van der Waals surface area contributed by atoms with Crippen molar-refractivity contribution in [3.8, 4) is 17.2 Å². The van der Waals surface area contributed by atoms with Gasteiger partial charge in [0.15, 0.2) is 0 Å². The molecule has 0 aliphatic rings. The molecule has 0 bridgehead atoms. The van der Waals surface area contributed by atoms with Crippen molar-refractivity contribution >= 4 is 11.6 Å². The van der Waals surface area contributed by atoms with Gasteiger partial charge in [-0.05, 0) is 63.1 Å². The van der Waals surface area contributed by atoms with Gasteiger partial charge in [0.05, 0.1) is 18.9 Å². The fourth-order valence-electron chi connectivity index (χ4n) is 2.82. The zero-order valence-corrected chi connectivity index (χ0v) is 16.6. The van der Waals surface area contributed by atoms with Crippen LogP contribution in [0.15, 0.2) is 30.3 Å². The third-order valence-electron chi connectivity index (χ3n) is 3.92. The summed E-state index contributed by atoms with van der Waals surface area (Å²) >= 11 is 0. The Hall–Kier alpha value is -2.73. The Balaban J connectivity index is 2.27. The van der Waals surface area contributed by atoms with Gasteiger partial charge in [0.25, 0.3) is 5.91 Å². The van der Waals surface area contributed by atoms with E-state index in [1.165, 1.54) is 0 Å². The first-order chi connectivity index (χ1) is 13.0. The number of nitrogens with one attached hydrogen (secondary N) is 1. The molecule has 6 heteroatoms. The highest BCUT2D eigenvalue weighted by Crippen LogP contribution is 2.31. The SMILES string of the molecule is CCOc1ccc(OCC)c(NC(=O)c2cc(C)c(OCC[NH3+])c(C)c2)c1. The minimum Gasteiger partial charge on any atom is -0.494 e. The maximum atomic E-state index is 12.8. The average Bonchev–Trinajstić information content (AvgIpc) is 2.63. The van der Waals surface area contributed by atoms with Gasteiger partial charge in [0.1, 0.15) is 30.4 Å². The van der Waals surface area contributed by atoms with Crippen molar-refractivity contribution in [2.75, 3.05) is 31.7 Å². The van der Waals surface area contributed by atoms with Crippen molar-refractivity contribution in [1.82, 2.24) is 0 Å².